The number of rotatable bonds is 4. The first kappa shape index (κ1) is 10.3. The molecule has 0 spiro atoms. The van der Waals surface area contributed by atoms with Gasteiger partial charge in [0.05, 0.1) is 4.92 Å². The Hall–Kier alpha value is -0.720. The zero-order valence-electron chi connectivity index (χ0n) is 6.10. The van der Waals surface area contributed by atoms with E-state index in [1.165, 1.54) is 6.92 Å². The molecule has 0 rings (SSSR count). The van der Waals surface area contributed by atoms with E-state index in [4.69, 9.17) is 15.3 Å². The Bertz CT molecular complexity index is 150. The summed E-state index contributed by atoms with van der Waals surface area (Å²) in [5.74, 6) is 0. The topological polar surface area (TPSA) is 104 Å². The van der Waals surface area contributed by atoms with Crippen molar-refractivity contribution < 1.29 is 20.2 Å². The molecule has 0 heterocycles. The standard InChI is InChI=1S/C5H11NO5/c1-2-4(8)5(9,3-7)6(10)11/h4,7-9H,2-3H2,1H3. The molecule has 2 unspecified atom stereocenters. The van der Waals surface area contributed by atoms with Crippen molar-refractivity contribution in [3.05, 3.63) is 10.1 Å². The molecule has 6 heteroatoms. The van der Waals surface area contributed by atoms with E-state index in [1.807, 2.05) is 0 Å². The van der Waals surface area contributed by atoms with E-state index in [2.05, 4.69) is 0 Å². The van der Waals surface area contributed by atoms with E-state index in [0.29, 0.717) is 0 Å². The highest BCUT2D eigenvalue weighted by atomic mass is 16.7. The molecule has 0 aromatic rings. The third-order valence-corrected chi connectivity index (χ3v) is 1.47. The number of aliphatic hydroxyl groups is 3. The van der Waals surface area contributed by atoms with Crippen molar-refractivity contribution >= 4 is 0 Å². The van der Waals surface area contributed by atoms with Crippen LogP contribution < -0.4 is 0 Å². The van der Waals surface area contributed by atoms with Crippen LogP contribution in [-0.4, -0.2) is 38.7 Å². The molecule has 66 valence electrons. The van der Waals surface area contributed by atoms with Gasteiger partial charge in [-0.25, -0.2) is 0 Å². The largest absolute Gasteiger partial charge is 0.386 e. The lowest BCUT2D eigenvalue weighted by atomic mass is 10.1. The van der Waals surface area contributed by atoms with Gasteiger partial charge in [0.1, 0.15) is 6.61 Å². The maximum absolute atomic E-state index is 10.1. The average molecular weight is 165 g/mol. The zero-order valence-corrected chi connectivity index (χ0v) is 6.10. The van der Waals surface area contributed by atoms with E-state index >= 15 is 0 Å². The first-order valence-electron chi connectivity index (χ1n) is 3.14. The molecule has 0 radical (unpaired) electrons. The maximum Gasteiger partial charge on any atom is 0.371 e. The molecular weight excluding hydrogens is 154 g/mol. The van der Waals surface area contributed by atoms with Crippen LogP contribution in [0.25, 0.3) is 0 Å². The number of nitrogens with zero attached hydrogens (tertiary/aromatic N) is 1. The van der Waals surface area contributed by atoms with E-state index in [9.17, 15) is 10.1 Å². The minimum atomic E-state index is -2.62. The summed E-state index contributed by atoms with van der Waals surface area (Å²) in [4.78, 5) is 8.99. The van der Waals surface area contributed by atoms with E-state index < -0.39 is 23.4 Å². The van der Waals surface area contributed by atoms with Crippen molar-refractivity contribution in [2.24, 2.45) is 0 Å². The fraction of sp³-hybridized carbons (Fsp3) is 1.00. The summed E-state index contributed by atoms with van der Waals surface area (Å²) in [5, 5.41) is 36.4. The van der Waals surface area contributed by atoms with E-state index in [0.717, 1.165) is 0 Å². The van der Waals surface area contributed by atoms with Crippen LogP contribution in [0, 0.1) is 10.1 Å². The first-order valence-corrected chi connectivity index (χ1v) is 3.14. The predicted molar refractivity (Wildman–Crippen MR) is 35.3 cm³/mol. The van der Waals surface area contributed by atoms with E-state index in [1.54, 1.807) is 0 Å². The minimum Gasteiger partial charge on any atom is -0.386 e. The molecule has 0 aliphatic rings. The van der Waals surface area contributed by atoms with Crippen molar-refractivity contribution in [1.82, 2.24) is 0 Å². The maximum atomic E-state index is 10.1. The highest BCUT2D eigenvalue weighted by Crippen LogP contribution is 2.13. The van der Waals surface area contributed by atoms with Crippen LogP contribution in [0.1, 0.15) is 13.3 Å². The average Bonchev–Trinajstić information content (AvgIpc) is 2.01. The summed E-state index contributed by atoms with van der Waals surface area (Å²) in [7, 11) is 0. The predicted octanol–water partition coefficient (Wildman–Crippen LogP) is -1.29. The Balaban J connectivity index is 4.45. The van der Waals surface area contributed by atoms with Gasteiger partial charge in [0.25, 0.3) is 0 Å². The van der Waals surface area contributed by atoms with Gasteiger partial charge in [0, 0.05) is 0 Å². The van der Waals surface area contributed by atoms with Gasteiger partial charge >= 0.3 is 5.72 Å². The zero-order chi connectivity index (χ0) is 9.07. The molecule has 6 nitrogen and oxygen atoms in total. The van der Waals surface area contributed by atoms with E-state index in [-0.39, 0.29) is 6.42 Å². The highest BCUT2D eigenvalue weighted by molar-refractivity contribution is 4.73. The van der Waals surface area contributed by atoms with Gasteiger partial charge in [-0.1, -0.05) is 6.92 Å². The van der Waals surface area contributed by atoms with Crippen molar-refractivity contribution in [2.45, 2.75) is 25.2 Å². The van der Waals surface area contributed by atoms with Gasteiger partial charge in [-0.05, 0) is 6.42 Å². The number of hydrogen-bond acceptors (Lipinski definition) is 5. The molecule has 0 aliphatic carbocycles. The Morgan fingerprint density at radius 2 is 2.18 bits per heavy atom. The van der Waals surface area contributed by atoms with Crippen LogP contribution in [0.5, 0.6) is 0 Å². The van der Waals surface area contributed by atoms with Crippen LogP contribution in [0.2, 0.25) is 0 Å². The molecule has 0 amide bonds. The van der Waals surface area contributed by atoms with Gasteiger partial charge in [-0.2, -0.15) is 0 Å². The first-order chi connectivity index (χ1) is 4.99. The van der Waals surface area contributed by atoms with Gasteiger partial charge in [-0.3, -0.25) is 10.1 Å². The van der Waals surface area contributed by atoms with Gasteiger partial charge in [0.15, 0.2) is 6.10 Å². The fourth-order valence-corrected chi connectivity index (χ4v) is 0.612. The van der Waals surface area contributed by atoms with Gasteiger partial charge in [0.2, 0.25) is 0 Å². The lowest BCUT2D eigenvalue weighted by Gasteiger charge is -2.20. The summed E-state index contributed by atoms with van der Waals surface area (Å²) >= 11 is 0. The summed E-state index contributed by atoms with van der Waals surface area (Å²) in [5.41, 5.74) is -2.62. The monoisotopic (exact) mass is 165 g/mol. The van der Waals surface area contributed by atoms with Crippen molar-refractivity contribution in [3.8, 4) is 0 Å². The summed E-state index contributed by atoms with van der Waals surface area (Å²) in [6.07, 6.45) is -1.53. The van der Waals surface area contributed by atoms with Crippen molar-refractivity contribution in [3.63, 3.8) is 0 Å². The normalized spacial score (nSPS) is 18.9. The number of nitro groups is 1. The SMILES string of the molecule is CCC(O)C(O)(CO)[N+](=O)[O-]. The van der Waals surface area contributed by atoms with Crippen molar-refractivity contribution in [1.29, 1.82) is 0 Å². The molecule has 0 bridgehead atoms. The number of aliphatic hydroxyl groups excluding tert-OH is 2. The molecule has 0 fully saturated rings. The summed E-state index contributed by atoms with van der Waals surface area (Å²) in [6, 6.07) is 0. The molecular formula is C5H11NO5. The van der Waals surface area contributed by atoms with Crippen molar-refractivity contribution in [2.75, 3.05) is 6.61 Å². The van der Waals surface area contributed by atoms with Crippen LogP contribution >= 0.6 is 0 Å². The third kappa shape index (κ3) is 1.86. The van der Waals surface area contributed by atoms with Gasteiger partial charge in [-0.15, -0.1) is 0 Å². The lowest BCUT2D eigenvalue weighted by Crippen LogP contribution is -2.52. The molecule has 0 saturated carbocycles. The highest BCUT2D eigenvalue weighted by Gasteiger charge is 2.46. The number of hydrogen-bond donors (Lipinski definition) is 3. The second-order valence-corrected chi connectivity index (χ2v) is 2.22. The Morgan fingerprint density at radius 3 is 2.27 bits per heavy atom. The molecule has 0 aliphatic heterocycles. The third-order valence-electron chi connectivity index (χ3n) is 1.47. The lowest BCUT2D eigenvalue weighted by molar-refractivity contribution is -0.641. The second-order valence-electron chi connectivity index (χ2n) is 2.22. The Morgan fingerprint density at radius 1 is 1.73 bits per heavy atom. The molecule has 0 saturated heterocycles. The smallest absolute Gasteiger partial charge is 0.371 e. The summed E-state index contributed by atoms with van der Waals surface area (Å²) < 4.78 is 0. The van der Waals surface area contributed by atoms with Gasteiger partial charge < -0.3 is 15.3 Å². The molecule has 11 heavy (non-hydrogen) atoms. The fourth-order valence-electron chi connectivity index (χ4n) is 0.612. The van der Waals surface area contributed by atoms with Crippen LogP contribution in [0.15, 0.2) is 0 Å². The quantitative estimate of drug-likeness (QED) is 0.273. The summed E-state index contributed by atoms with van der Waals surface area (Å²) in [6.45, 7) is 0.379. The second kappa shape index (κ2) is 3.61. The molecule has 0 aromatic heterocycles. The van der Waals surface area contributed by atoms with Crippen LogP contribution in [-0.2, 0) is 0 Å². The molecule has 0 aromatic carbocycles. The van der Waals surface area contributed by atoms with Crippen LogP contribution in [0.4, 0.5) is 0 Å². The molecule has 2 atom stereocenters. The Labute approximate surface area is 63.2 Å². The Kier molecular flexibility index (Phi) is 3.37. The molecule has 3 N–H and O–H groups in total. The minimum absolute atomic E-state index is 0.0119. The van der Waals surface area contributed by atoms with Crippen LogP contribution in [0.3, 0.4) is 0 Å².